The summed E-state index contributed by atoms with van der Waals surface area (Å²) in [4.78, 5) is 0. The number of rotatable bonds is 2. The molecule has 1 aromatic rings. The van der Waals surface area contributed by atoms with Gasteiger partial charge in [-0.05, 0) is 30.5 Å². The predicted octanol–water partition coefficient (Wildman–Crippen LogP) is 4.42. The number of alkyl halides is 1. The van der Waals surface area contributed by atoms with Gasteiger partial charge in [0.15, 0.2) is 0 Å². The summed E-state index contributed by atoms with van der Waals surface area (Å²) in [6.07, 6.45) is 2.49. The fraction of sp³-hybridized carbons (Fsp3) is 0.400. The normalized spacial score (nSPS) is 18.7. The fourth-order valence-electron chi connectivity index (χ4n) is 1.48. The minimum absolute atomic E-state index is 0.341. The van der Waals surface area contributed by atoms with Crippen LogP contribution in [0.3, 0.4) is 0 Å². The topological polar surface area (TPSA) is 0 Å². The molecule has 0 atom stereocenters. The van der Waals surface area contributed by atoms with Gasteiger partial charge >= 0.3 is 0 Å². The van der Waals surface area contributed by atoms with Gasteiger partial charge < -0.3 is 0 Å². The molecule has 0 spiro atoms. The van der Waals surface area contributed by atoms with Crippen molar-refractivity contribution in [2.45, 2.75) is 18.3 Å². The van der Waals surface area contributed by atoms with E-state index >= 15 is 0 Å². The van der Waals surface area contributed by atoms with E-state index in [1.807, 2.05) is 12.1 Å². The van der Waals surface area contributed by atoms with Crippen molar-refractivity contribution in [1.82, 2.24) is 0 Å². The fourth-order valence-corrected chi connectivity index (χ4v) is 2.66. The predicted molar refractivity (Wildman–Crippen MR) is 61.2 cm³/mol. The van der Waals surface area contributed by atoms with E-state index in [1.165, 1.54) is 18.4 Å². The molecule has 0 unspecified atom stereocenters. The molecule has 1 fully saturated rings. The Morgan fingerprint density at radius 3 is 2.38 bits per heavy atom. The van der Waals surface area contributed by atoms with Crippen LogP contribution in [0.1, 0.15) is 18.4 Å². The molecule has 0 heterocycles. The molecule has 1 aliphatic rings. The van der Waals surface area contributed by atoms with Crippen molar-refractivity contribution in [3.63, 3.8) is 0 Å². The van der Waals surface area contributed by atoms with Crippen molar-refractivity contribution in [2.24, 2.45) is 0 Å². The summed E-state index contributed by atoms with van der Waals surface area (Å²) >= 11 is 15.3. The zero-order valence-corrected chi connectivity index (χ0v) is 10.1. The van der Waals surface area contributed by atoms with Gasteiger partial charge in [0, 0.05) is 10.7 Å². The third kappa shape index (κ3) is 1.74. The van der Waals surface area contributed by atoms with Gasteiger partial charge in [0.1, 0.15) is 0 Å². The van der Waals surface area contributed by atoms with Crippen molar-refractivity contribution < 1.29 is 0 Å². The molecule has 1 saturated carbocycles. The second-order valence-electron chi connectivity index (χ2n) is 3.54. The molecule has 0 bridgehead atoms. The van der Waals surface area contributed by atoms with Crippen LogP contribution < -0.4 is 0 Å². The van der Waals surface area contributed by atoms with Gasteiger partial charge in [0.2, 0.25) is 0 Å². The van der Waals surface area contributed by atoms with Gasteiger partial charge in [-0.2, -0.15) is 0 Å². The number of hydrogen-bond acceptors (Lipinski definition) is 0. The lowest BCUT2D eigenvalue weighted by Gasteiger charge is -2.12. The van der Waals surface area contributed by atoms with Gasteiger partial charge in [-0.3, -0.25) is 0 Å². The SMILES string of the molecule is Clc1ccc(C2(CBr)CC2)cc1Cl. The van der Waals surface area contributed by atoms with Crippen LogP contribution in [-0.4, -0.2) is 5.33 Å². The molecule has 0 saturated heterocycles. The maximum absolute atomic E-state index is 5.96. The zero-order valence-electron chi connectivity index (χ0n) is 6.99. The monoisotopic (exact) mass is 278 g/mol. The number of halogens is 3. The van der Waals surface area contributed by atoms with E-state index in [9.17, 15) is 0 Å². The lowest BCUT2D eigenvalue weighted by molar-refractivity contribution is 0.809. The lowest BCUT2D eigenvalue weighted by Crippen LogP contribution is -2.07. The average molecular weight is 280 g/mol. The van der Waals surface area contributed by atoms with Crippen molar-refractivity contribution >= 4 is 39.1 Å². The third-order valence-electron chi connectivity index (χ3n) is 2.64. The highest BCUT2D eigenvalue weighted by Crippen LogP contribution is 2.50. The average Bonchev–Trinajstić information content (AvgIpc) is 2.90. The van der Waals surface area contributed by atoms with Crippen LogP contribution in [0.4, 0.5) is 0 Å². The largest absolute Gasteiger partial charge is 0.0918 e. The van der Waals surface area contributed by atoms with Crippen molar-refractivity contribution in [3.05, 3.63) is 33.8 Å². The molecule has 0 radical (unpaired) electrons. The minimum Gasteiger partial charge on any atom is -0.0918 e. The third-order valence-corrected chi connectivity index (χ3v) is 4.45. The first-order valence-electron chi connectivity index (χ1n) is 4.19. The summed E-state index contributed by atoms with van der Waals surface area (Å²) in [5.41, 5.74) is 1.65. The molecular formula is C10H9BrCl2. The molecule has 70 valence electrons. The summed E-state index contributed by atoms with van der Waals surface area (Å²) < 4.78 is 0. The highest BCUT2D eigenvalue weighted by atomic mass is 79.9. The van der Waals surface area contributed by atoms with Gasteiger partial charge in [-0.25, -0.2) is 0 Å². The first-order chi connectivity index (χ1) is 6.18. The molecule has 13 heavy (non-hydrogen) atoms. The molecule has 3 heteroatoms. The summed E-state index contributed by atoms with van der Waals surface area (Å²) in [6.45, 7) is 0. The highest BCUT2D eigenvalue weighted by Gasteiger charge is 2.43. The van der Waals surface area contributed by atoms with E-state index in [0.717, 1.165) is 5.33 Å². The van der Waals surface area contributed by atoms with Gasteiger partial charge in [-0.1, -0.05) is 45.2 Å². The van der Waals surface area contributed by atoms with Crippen LogP contribution in [0.15, 0.2) is 18.2 Å². The molecule has 0 N–H and O–H groups in total. The number of hydrogen-bond donors (Lipinski definition) is 0. The Hall–Kier alpha value is 0.280. The minimum atomic E-state index is 0.341. The summed E-state index contributed by atoms with van der Waals surface area (Å²) in [7, 11) is 0. The Morgan fingerprint density at radius 2 is 1.92 bits per heavy atom. The van der Waals surface area contributed by atoms with Crippen LogP contribution in [0, 0.1) is 0 Å². The van der Waals surface area contributed by atoms with E-state index < -0.39 is 0 Å². The Labute approximate surface area is 96.4 Å². The molecule has 0 aliphatic heterocycles. The Balaban J connectivity index is 2.37. The van der Waals surface area contributed by atoms with Crippen LogP contribution >= 0.6 is 39.1 Å². The second kappa shape index (κ2) is 3.45. The summed E-state index contributed by atoms with van der Waals surface area (Å²) in [5.74, 6) is 0. The van der Waals surface area contributed by atoms with E-state index in [0.29, 0.717) is 15.5 Å². The number of benzene rings is 1. The highest BCUT2D eigenvalue weighted by molar-refractivity contribution is 9.09. The molecule has 0 amide bonds. The van der Waals surface area contributed by atoms with Crippen LogP contribution in [0.5, 0.6) is 0 Å². The van der Waals surface area contributed by atoms with E-state index in [1.54, 1.807) is 0 Å². The quantitative estimate of drug-likeness (QED) is 0.703. The standard InChI is InChI=1S/C10H9BrCl2/c11-6-10(3-4-10)7-1-2-8(12)9(13)5-7/h1-2,5H,3-4,6H2. The molecule has 2 rings (SSSR count). The van der Waals surface area contributed by atoms with E-state index in [-0.39, 0.29) is 0 Å². The molecule has 1 aliphatic carbocycles. The van der Waals surface area contributed by atoms with E-state index in [4.69, 9.17) is 23.2 Å². The van der Waals surface area contributed by atoms with Crippen LogP contribution in [0.25, 0.3) is 0 Å². The lowest BCUT2D eigenvalue weighted by atomic mass is 9.99. The van der Waals surface area contributed by atoms with Crippen LogP contribution in [-0.2, 0) is 5.41 Å². The zero-order chi connectivity index (χ0) is 9.47. The van der Waals surface area contributed by atoms with Crippen molar-refractivity contribution in [1.29, 1.82) is 0 Å². The second-order valence-corrected chi connectivity index (χ2v) is 4.92. The summed E-state index contributed by atoms with van der Waals surface area (Å²) in [5, 5.41) is 2.31. The summed E-state index contributed by atoms with van der Waals surface area (Å²) in [6, 6.07) is 5.93. The maximum Gasteiger partial charge on any atom is 0.0595 e. The smallest absolute Gasteiger partial charge is 0.0595 e. The first-order valence-corrected chi connectivity index (χ1v) is 6.07. The molecular weight excluding hydrogens is 271 g/mol. The Bertz CT molecular complexity index is 332. The molecule has 1 aromatic carbocycles. The molecule has 0 aromatic heterocycles. The van der Waals surface area contributed by atoms with E-state index in [2.05, 4.69) is 22.0 Å². The van der Waals surface area contributed by atoms with Crippen molar-refractivity contribution in [2.75, 3.05) is 5.33 Å². The van der Waals surface area contributed by atoms with Crippen LogP contribution in [0.2, 0.25) is 10.0 Å². The van der Waals surface area contributed by atoms with Crippen molar-refractivity contribution in [3.8, 4) is 0 Å². The van der Waals surface area contributed by atoms with Gasteiger partial charge in [0.05, 0.1) is 10.0 Å². The maximum atomic E-state index is 5.96. The van der Waals surface area contributed by atoms with Gasteiger partial charge in [0.25, 0.3) is 0 Å². The molecule has 0 nitrogen and oxygen atoms in total. The Morgan fingerprint density at radius 1 is 1.23 bits per heavy atom. The first kappa shape index (κ1) is 9.82. The Kier molecular flexibility index (Phi) is 2.61. The van der Waals surface area contributed by atoms with Gasteiger partial charge in [-0.15, -0.1) is 0 Å².